The summed E-state index contributed by atoms with van der Waals surface area (Å²) < 4.78 is 4.81. The molecule has 0 bridgehead atoms. The summed E-state index contributed by atoms with van der Waals surface area (Å²) in [5.74, 6) is -1.42. The molecule has 0 radical (unpaired) electrons. The monoisotopic (exact) mass is 328 g/mol. The van der Waals surface area contributed by atoms with Crippen molar-refractivity contribution in [1.29, 1.82) is 0 Å². The highest BCUT2D eigenvalue weighted by molar-refractivity contribution is 6.31. The SMILES string of the molecule is CCC(CC)NC(=O)COC(=O)c1cc(Cl)ccc1[N+](=O)[O-]. The Bertz CT molecular complexity index is 572. The molecule has 1 amide bonds. The summed E-state index contributed by atoms with van der Waals surface area (Å²) in [5.41, 5.74) is -0.706. The van der Waals surface area contributed by atoms with Crippen LogP contribution < -0.4 is 5.32 Å². The first kappa shape index (κ1) is 17.9. The lowest BCUT2D eigenvalue weighted by molar-refractivity contribution is -0.385. The molecule has 0 heterocycles. The Morgan fingerprint density at radius 3 is 2.55 bits per heavy atom. The molecule has 0 aliphatic carbocycles. The maximum absolute atomic E-state index is 11.9. The molecule has 120 valence electrons. The molecule has 8 heteroatoms. The Balaban J connectivity index is 2.72. The molecule has 1 aromatic carbocycles. The zero-order valence-electron chi connectivity index (χ0n) is 12.3. The summed E-state index contributed by atoms with van der Waals surface area (Å²) in [7, 11) is 0. The van der Waals surface area contributed by atoms with E-state index in [9.17, 15) is 19.7 Å². The third kappa shape index (κ3) is 5.00. The van der Waals surface area contributed by atoms with Gasteiger partial charge >= 0.3 is 5.97 Å². The van der Waals surface area contributed by atoms with E-state index < -0.39 is 29.1 Å². The number of esters is 1. The van der Waals surface area contributed by atoms with Crippen molar-refractivity contribution >= 4 is 29.2 Å². The second kappa shape index (κ2) is 8.33. The topological polar surface area (TPSA) is 98.5 Å². The van der Waals surface area contributed by atoms with Crippen LogP contribution in [-0.4, -0.2) is 29.4 Å². The van der Waals surface area contributed by atoms with Crippen molar-refractivity contribution in [2.75, 3.05) is 6.61 Å². The Labute approximate surface area is 132 Å². The lowest BCUT2D eigenvalue weighted by Gasteiger charge is -2.14. The van der Waals surface area contributed by atoms with Crippen molar-refractivity contribution < 1.29 is 19.2 Å². The van der Waals surface area contributed by atoms with Gasteiger partial charge < -0.3 is 10.1 Å². The molecule has 0 fully saturated rings. The highest BCUT2D eigenvalue weighted by Crippen LogP contribution is 2.23. The normalized spacial score (nSPS) is 10.4. The zero-order chi connectivity index (χ0) is 16.7. The minimum absolute atomic E-state index is 0.00621. The van der Waals surface area contributed by atoms with Crippen LogP contribution in [0.25, 0.3) is 0 Å². The van der Waals surface area contributed by atoms with E-state index in [0.717, 1.165) is 25.0 Å². The Kier molecular flexibility index (Phi) is 6.78. The van der Waals surface area contributed by atoms with Gasteiger partial charge in [-0.05, 0) is 25.0 Å². The van der Waals surface area contributed by atoms with E-state index in [4.69, 9.17) is 16.3 Å². The lowest BCUT2D eigenvalue weighted by atomic mass is 10.2. The van der Waals surface area contributed by atoms with Gasteiger partial charge in [0.05, 0.1) is 4.92 Å². The molecule has 7 nitrogen and oxygen atoms in total. The molecule has 0 saturated heterocycles. The van der Waals surface area contributed by atoms with E-state index in [-0.39, 0.29) is 16.6 Å². The number of carbonyl (C=O) groups excluding carboxylic acids is 2. The number of halogens is 1. The molecule has 1 N–H and O–H groups in total. The molecule has 0 atom stereocenters. The minimum Gasteiger partial charge on any atom is -0.452 e. The van der Waals surface area contributed by atoms with Crippen molar-refractivity contribution in [1.82, 2.24) is 5.32 Å². The fourth-order valence-corrected chi connectivity index (χ4v) is 1.97. The first-order valence-electron chi connectivity index (χ1n) is 6.79. The zero-order valence-corrected chi connectivity index (χ0v) is 13.1. The van der Waals surface area contributed by atoms with Crippen LogP contribution in [0.5, 0.6) is 0 Å². The highest BCUT2D eigenvalue weighted by atomic mass is 35.5. The van der Waals surface area contributed by atoms with E-state index in [1.807, 2.05) is 13.8 Å². The number of hydrogen-bond donors (Lipinski definition) is 1. The fourth-order valence-electron chi connectivity index (χ4n) is 1.80. The Morgan fingerprint density at radius 2 is 2.00 bits per heavy atom. The van der Waals surface area contributed by atoms with E-state index >= 15 is 0 Å². The summed E-state index contributed by atoms with van der Waals surface area (Å²) in [5, 5.41) is 13.7. The summed E-state index contributed by atoms with van der Waals surface area (Å²) in [4.78, 5) is 33.7. The number of rotatable bonds is 7. The van der Waals surface area contributed by atoms with E-state index in [1.54, 1.807) is 0 Å². The molecule has 1 aromatic rings. The average molecular weight is 329 g/mol. The third-order valence-corrected chi connectivity index (χ3v) is 3.30. The van der Waals surface area contributed by atoms with Gasteiger partial charge in [-0.3, -0.25) is 14.9 Å². The van der Waals surface area contributed by atoms with Crippen LogP contribution in [-0.2, 0) is 9.53 Å². The van der Waals surface area contributed by atoms with Gasteiger partial charge in [-0.2, -0.15) is 0 Å². The summed E-state index contributed by atoms with van der Waals surface area (Å²) in [6.45, 7) is 3.35. The number of amides is 1. The third-order valence-electron chi connectivity index (χ3n) is 3.06. The molecule has 0 unspecified atom stereocenters. The molecule has 0 aromatic heterocycles. The predicted molar refractivity (Wildman–Crippen MR) is 80.9 cm³/mol. The van der Waals surface area contributed by atoms with Crippen LogP contribution in [0.4, 0.5) is 5.69 Å². The van der Waals surface area contributed by atoms with E-state index in [2.05, 4.69) is 5.32 Å². The van der Waals surface area contributed by atoms with Crippen LogP contribution in [0, 0.1) is 10.1 Å². The van der Waals surface area contributed by atoms with Crippen LogP contribution in [0.1, 0.15) is 37.0 Å². The molecular weight excluding hydrogens is 312 g/mol. The number of ether oxygens (including phenoxy) is 1. The first-order chi connectivity index (χ1) is 10.4. The van der Waals surface area contributed by atoms with Crippen LogP contribution in [0.3, 0.4) is 0 Å². The Morgan fingerprint density at radius 1 is 1.36 bits per heavy atom. The number of nitrogens with one attached hydrogen (secondary N) is 1. The van der Waals surface area contributed by atoms with Crippen molar-refractivity contribution in [3.63, 3.8) is 0 Å². The van der Waals surface area contributed by atoms with Crippen molar-refractivity contribution in [2.24, 2.45) is 0 Å². The van der Waals surface area contributed by atoms with Gasteiger partial charge in [0.25, 0.3) is 11.6 Å². The first-order valence-corrected chi connectivity index (χ1v) is 7.17. The van der Waals surface area contributed by atoms with E-state index in [1.165, 1.54) is 6.07 Å². The molecule has 0 aliphatic heterocycles. The maximum Gasteiger partial charge on any atom is 0.345 e. The Hall–Kier alpha value is -2.15. The molecule has 0 saturated carbocycles. The molecule has 22 heavy (non-hydrogen) atoms. The molecular formula is C14H17ClN2O5. The van der Waals surface area contributed by atoms with Gasteiger partial charge in [0.1, 0.15) is 5.56 Å². The summed E-state index contributed by atoms with van der Waals surface area (Å²) in [6, 6.07) is 3.56. The minimum atomic E-state index is -0.964. The number of benzene rings is 1. The lowest BCUT2D eigenvalue weighted by Crippen LogP contribution is -2.36. The highest BCUT2D eigenvalue weighted by Gasteiger charge is 2.22. The average Bonchev–Trinajstić information content (AvgIpc) is 2.49. The van der Waals surface area contributed by atoms with E-state index in [0.29, 0.717) is 0 Å². The maximum atomic E-state index is 11.9. The fraction of sp³-hybridized carbons (Fsp3) is 0.429. The van der Waals surface area contributed by atoms with Gasteiger partial charge in [0.15, 0.2) is 6.61 Å². The number of nitro benzene ring substituents is 1. The standard InChI is InChI=1S/C14H17ClN2O5/c1-3-10(4-2)16-13(18)8-22-14(19)11-7-9(15)5-6-12(11)17(20)21/h5-7,10H,3-4,8H2,1-2H3,(H,16,18). The van der Waals surface area contributed by atoms with Crippen molar-refractivity contribution in [3.8, 4) is 0 Å². The van der Waals surface area contributed by atoms with Gasteiger partial charge in [0, 0.05) is 17.1 Å². The predicted octanol–water partition coefficient (Wildman–Crippen LogP) is 2.71. The van der Waals surface area contributed by atoms with Gasteiger partial charge in [-0.25, -0.2) is 4.79 Å². The van der Waals surface area contributed by atoms with Crippen molar-refractivity contribution in [2.45, 2.75) is 32.7 Å². The quantitative estimate of drug-likeness (QED) is 0.471. The number of hydrogen-bond acceptors (Lipinski definition) is 5. The van der Waals surface area contributed by atoms with Crippen LogP contribution >= 0.6 is 11.6 Å². The second-order valence-corrected chi connectivity index (χ2v) is 5.01. The smallest absolute Gasteiger partial charge is 0.345 e. The largest absolute Gasteiger partial charge is 0.452 e. The summed E-state index contributed by atoms with van der Waals surface area (Å²) in [6.07, 6.45) is 1.52. The van der Waals surface area contributed by atoms with Crippen molar-refractivity contribution in [3.05, 3.63) is 38.9 Å². The number of nitrogens with zero attached hydrogens (tertiary/aromatic N) is 1. The molecule has 1 rings (SSSR count). The second-order valence-electron chi connectivity index (χ2n) is 4.58. The van der Waals surface area contributed by atoms with Gasteiger partial charge in [-0.1, -0.05) is 25.4 Å². The molecule has 0 spiro atoms. The van der Waals surface area contributed by atoms with Gasteiger partial charge in [0.2, 0.25) is 0 Å². The molecule has 0 aliphatic rings. The van der Waals surface area contributed by atoms with Crippen LogP contribution in [0.2, 0.25) is 5.02 Å². The van der Waals surface area contributed by atoms with Gasteiger partial charge in [-0.15, -0.1) is 0 Å². The summed E-state index contributed by atoms with van der Waals surface area (Å²) >= 11 is 5.73. The number of carbonyl (C=O) groups is 2. The number of nitro groups is 1. The van der Waals surface area contributed by atoms with Crippen LogP contribution in [0.15, 0.2) is 18.2 Å².